The van der Waals surface area contributed by atoms with Crippen LogP contribution in [0.1, 0.15) is 27.4 Å². The highest BCUT2D eigenvalue weighted by molar-refractivity contribution is 6.33. The Hall–Kier alpha value is -2.01. The smallest absolute Gasteiger partial charge is 0.251 e. The van der Waals surface area contributed by atoms with Crippen LogP contribution < -0.4 is 11.1 Å². The molecule has 6 heteroatoms. The lowest BCUT2D eigenvalue weighted by molar-refractivity contribution is 0.0951. The molecule has 2 rings (SSSR count). The van der Waals surface area contributed by atoms with Crippen molar-refractivity contribution in [3.05, 3.63) is 45.8 Å². The maximum atomic E-state index is 12.0. The van der Waals surface area contributed by atoms with Crippen molar-refractivity contribution in [2.75, 3.05) is 5.73 Å². The molecule has 0 unspecified atom stereocenters. The number of nitrogens with zero attached hydrogens (tertiary/aromatic N) is 1. The zero-order chi connectivity index (χ0) is 14.0. The van der Waals surface area contributed by atoms with Gasteiger partial charge in [0.2, 0.25) is 0 Å². The Labute approximate surface area is 115 Å². The van der Waals surface area contributed by atoms with Gasteiger partial charge in [-0.25, -0.2) is 0 Å². The number of aryl methyl sites for hydroxylation is 2. The molecular weight excluding hydrogens is 266 g/mol. The number of hydrogen-bond acceptors (Lipinski definition) is 4. The van der Waals surface area contributed by atoms with E-state index >= 15 is 0 Å². The van der Waals surface area contributed by atoms with Crippen LogP contribution in [-0.4, -0.2) is 11.1 Å². The number of amides is 1. The van der Waals surface area contributed by atoms with Crippen molar-refractivity contribution in [2.45, 2.75) is 20.4 Å². The minimum Gasteiger partial charge on any atom is -0.398 e. The summed E-state index contributed by atoms with van der Waals surface area (Å²) in [5, 5.41) is 7.05. The van der Waals surface area contributed by atoms with Crippen LogP contribution in [0.3, 0.4) is 0 Å². The first-order chi connectivity index (χ1) is 8.99. The third-order valence-corrected chi connectivity index (χ3v) is 3.21. The summed E-state index contributed by atoms with van der Waals surface area (Å²) in [6, 6.07) is 4.77. The average molecular weight is 280 g/mol. The number of aromatic nitrogens is 1. The molecule has 2 aromatic rings. The van der Waals surface area contributed by atoms with Gasteiger partial charge in [-0.3, -0.25) is 4.79 Å². The Morgan fingerprint density at radius 2 is 2.21 bits per heavy atom. The van der Waals surface area contributed by atoms with E-state index in [0.717, 1.165) is 11.3 Å². The van der Waals surface area contributed by atoms with Crippen molar-refractivity contribution in [3.63, 3.8) is 0 Å². The molecule has 3 N–H and O–H groups in total. The lowest BCUT2D eigenvalue weighted by Crippen LogP contribution is -2.23. The summed E-state index contributed by atoms with van der Waals surface area (Å²) in [6.45, 7) is 4.00. The van der Waals surface area contributed by atoms with E-state index < -0.39 is 0 Å². The summed E-state index contributed by atoms with van der Waals surface area (Å²) in [7, 11) is 0. The van der Waals surface area contributed by atoms with Gasteiger partial charge in [-0.05, 0) is 32.0 Å². The summed E-state index contributed by atoms with van der Waals surface area (Å²) in [6.07, 6.45) is 0. The highest BCUT2D eigenvalue weighted by atomic mass is 35.5. The predicted molar refractivity (Wildman–Crippen MR) is 73.0 cm³/mol. The third-order valence-electron chi connectivity index (χ3n) is 2.87. The van der Waals surface area contributed by atoms with Crippen molar-refractivity contribution in [1.29, 1.82) is 0 Å². The van der Waals surface area contributed by atoms with Gasteiger partial charge in [-0.15, -0.1) is 0 Å². The van der Waals surface area contributed by atoms with Gasteiger partial charge in [0.1, 0.15) is 5.76 Å². The average Bonchev–Trinajstić information content (AvgIpc) is 2.69. The molecule has 1 aromatic heterocycles. The second-order valence-corrected chi connectivity index (χ2v) is 4.63. The Morgan fingerprint density at radius 3 is 2.79 bits per heavy atom. The number of hydrogen-bond donors (Lipinski definition) is 2. The molecule has 0 spiro atoms. The zero-order valence-electron chi connectivity index (χ0n) is 10.7. The fraction of sp³-hybridized carbons (Fsp3) is 0.231. The highest BCUT2D eigenvalue weighted by Gasteiger charge is 2.12. The largest absolute Gasteiger partial charge is 0.398 e. The fourth-order valence-corrected chi connectivity index (χ4v) is 1.83. The SMILES string of the molecule is Cc1noc(C)c1CNC(=O)c1ccc(Cl)c(N)c1. The van der Waals surface area contributed by atoms with Crippen molar-refractivity contribution in [2.24, 2.45) is 0 Å². The predicted octanol–water partition coefficient (Wildman–Crippen LogP) is 2.46. The van der Waals surface area contributed by atoms with Crippen LogP contribution in [0.5, 0.6) is 0 Å². The molecule has 0 radical (unpaired) electrons. The van der Waals surface area contributed by atoms with Gasteiger partial charge in [-0.1, -0.05) is 16.8 Å². The van der Waals surface area contributed by atoms with E-state index in [0.29, 0.717) is 28.6 Å². The Balaban J connectivity index is 2.07. The molecule has 0 aliphatic rings. The van der Waals surface area contributed by atoms with Crippen molar-refractivity contribution in [1.82, 2.24) is 10.5 Å². The number of carbonyl (C=O) groups excluding carboxylic acids is 1. The second kappa shape index (κ2) is 5.32. The number of carbonyl (C=O) groups is 1. The third kappa shape index (κ3) is 2.88. The summed E-state index contributed by atoms with van der Waals surface area (Å²) in [5.74, 6) is 0.483. The number of rotatable bonds is 3. The van der Waals surface area contributed by atoms with Gasteiger partial charge in [0.15, 0.2) is 0 Å². The number of nitrogen functional groups attached to an aromatic ring is 1. The number of benzene rings is 1. The van der Waals surface area contributed by atoms with E-state index in [-0.39, 0.29) is 5.91 Å². The summed E-state index contributed by atoms with van der Waals surface area (Å²) >= 11 is 5.81. The molecule has 19 heavy (non-hydrogen) atoms. The van der Waals surface area contributed by atoms with Crippen LogP contribution in [0.4, 0.5) is 5.69 Å². The molecule has 0 aliphatic carbocycles. The summed E-state index contributed by atoms with van der Waals surface area (Å²) in [4.78, 5) is 12.0. The molecular formula is C13H14ClN3O2. The number of nitrogens with one attached hydrogen (secondary N) is 1. The minimum absolute atomic E-state index is 0.219. The van der Waals surface area contributed by atoms with Gasteiger partial charge in [0.05, 0.1) is 16.4 Å². The van der Waals surface area contributed by atoms with Crippen molar-refractivity contribution >= 4 is 23.2 Å². The Morgan fingerprint density at radius 1 is 1.47 bits per heavy atom. The zero-order valence-corrected chi connectivity index (χ0v) is 11.4. The van der Waals surface area contributed by atoms with Crippen LogP contribution in [0.25, 0.3) is 0 Å². The standard InChI is InChI=1S/C13H14ClN3O2/c1-7-10(8(2)19-17-7)6-16-13(18)9-3-4-11(14)12(15)5-9/h3-5H,6,15H2,1-2H3,(H,16,18). The normalized spacial score (nSPS) is 10.5. The van der Waals surface area contributed by atoms with Crippen LogP contribution in [0.15, 0.2) is 22.7 Å². The Bertz CT molecular complexity index is 603. The van der Waals surface area contributed by atoms with E-state index in [4.69, 9.17) is 21.9 Å². The van der Waals surface area contributed by atoms with Gasteiger partial charge in [0, 0.05) is 17.7 Å². The number of anilines is 1. The topological polar surface area (TPSA) is 81.2 Å². The van der Waals surface area contributed by atoms with Gasteiger partial charge in [0.25, 0.3) is 5.91 Å². The molecule has 1 amide bonds. The molecule has 1 aromatic carbocycles. The molecule has 0 aliphatic heterocycles. The lowest BCUT2D eigenvalue weighted by atomic mass is 10.1. The molecule has 100 valence electrons. The molecule has 0 fully saturated rings. The van der Waals surface area contributed by atoms with E-state index in [1.807, 2.05) is 13.8 Å². The molecule has 0 atom stereocenters. The molecule has 1 heterocycles. The summed E-state index contributed by atoms with van der Waals surface area (Å²) < 4.78 is 5.03. The first-order valence-corrected chi connectivity index (χ1v) is 6.12. The van der Waals surface area contributed by atoms with Gasteiger partial charge >= 0.3 is 0 Å². The van der Waals surface area contributed by atoms with E-state index in [1.54, 1.807) is 18.2 Å². The first kappa shape index (κ1) is 13.4. The highest BCUT2D eigenvalue weighted by Crippen LogP contribution is 2.19. The van der Waals surface area contributed by atoms with E-state index in [2.05, 4.69) is 10.5 Å². The maximum absolute atomic E-state index is 12.0. The quantitative estimate of drug-likeness (QED) is 0.846. The molecule has 0 bridgehead atoms. The number of nitrogens with two attached hydrogens (primary N) is 1. The minimum atomic E-state index is -0.219. The lowest BCUT2D eigenvalue weighted by Gasteiger charge is -2.06. The van der Waals surface area contributed by atoms with E-state index in [1.165, 1.54) is 0 Å². The van der Waals surface area contributed by atoms with Crippen molar-refractivity contribution in [3.8, 4) is 0 Å². The fourth-order valence-electron chi connectivity index (χ4n) is 1.71. The van der Waals surface area contributed by atoms with Gasteiger partial charge in [-0.2, -0.15) is 0 Å². The number of halogens is 1. The maximum Gasteiger partial charge on any atom is 0.251 e. The van der Waals surface area contributed by atoms with Crippen LogP contribution >= 0.6 is 11.6 Å². The molecule has 0 saturated heterocycles. The monoisotopic (exact) mass is 279 g/mol. The summed E-state index contributed by atoms with van der Waals surface area (Å²) in [5.41, 5.74) is 8.16. The Kier molecular flexibility index (Phi) is 3.76. The second-order valence-electron chi connectivity index (χ2n) is 4.22. The van der Waals surface area contributed by atoms with E-state index in [9.17, 15) is 4.79 Å². The van der Waals surface area contributed by atoms with Crippen LogP contribution in [-0.2, 0) is 6.54 Å². The van der Waals surface area contributed by atoms with Crippen LogP contribution in [0, 0.1) is 13.8 Å². The van der Waals surface area contributed by atoms with Crippen molar-refractivity contribution < 1.29 is 9.32 Å². The van der Waals surface area contributed by atoms with Gasteiger partial charge < -0.3 is 15.6 Å². The van der Waals surface area contributed by atoms with Crippen LogP contribution in [0.2, 0.25) is 5.02 Å². The molecule has 0 saturated carbocycles. The first-order valence-electron chi connectivity index (χ1n) is 5.74. The molecule has 5 nitrogen and oxygen atoms in total.